The predicted molar refractivity (Wildman–Crippen MR) is 79.4 cm³/mol. The van der Waals surface area contributed by atoms with Gasteiger partial charge in [-0.3, -0.25) is 9.89 Å². The summed E-state index contributed by atoms with van der Waals surface area (Å²) in [6.07, 6.45) is 0.442. The van der Waals surface area contributed by atoms with E-state index in [2.05, 4.69) is 31.4 Å². The van der Waals surface area contributed by atoms with Crippen molar-refractivity contribution in [1.82, 2.24) is 15.5 Å². The maximum absolute atomic E-state index is 12.1. The standard InChI is InChI=1S/C14H16BrN3O2/c1-9-8-13(18-17-9)14(20)16-12(6-7-19)10-4-2-3-5-11(10)15/h2-5,8,12,19H,6-7H2,1H3,(H,16,20)(H,17,18)/t12-/m1/s1. The van der Waals surface area contributed by atoms with Gasteiger partial charge in [-0.15, -0.1) is 0 Å². The zero-order chi connectivity index (χ0) is 14.5. The lowest BCUT2D eigenvalue weighted by atomic mass is 10.0. The van der Waals surface area contributed by atoms with Crippen LogP contribution in [0.3, 0.4) is 0 Å². The molecule has 20 heavy (non-hydrogen) atoms. The molecule has 0 aliphatic rings. The third-order valence-electron chi connectivity index (χ3n) is 2.94. The maximum Gasteiger partial charge on any atom is 0.272 e. The molecule has 0 aliphatic heterocycles. The number of hydrogen-bond acceptors (Lipinski definition) is 3. The number of hydrogen-bond donors (Lipinski definition) is 3. The van der Waals surface area contributed by atoms with Crippen molar-refractivity contribution >= 4 is 21.8 Å². The number of aromatic amines is 1. The van der Waals surface area contributed by atoms with E-state index < -0.39 is 0 Å². The van der Waals surface area contributed by atoms with Crippen molar-refractivity contribution < 1.29 is 9.90 Å². The minimum atomic E-state index is -0.264. The molecule has 0 aliphatic carbocycles. The van der Waals surface area contributed by atoms with Crippen molar-refractivity contribution in [2.45, 2.75) is 19.4 Å². The molecule has 0 spiro atoms. The number of aliphatic hydroxyl groups excluding tert-OH is 1. The van der Waals surface area contributed by atoms with E-state index in [-0.39, 0.29) is 18.6 Å². The van der Waals surface area contributed by atoms with Crippen molar-refractivity contribution in [1.29, 1.82) is 0 Å². The molecule has 5 nitrogen and oxygen atoms in total. The van der Waals surface area contributed by atoms with Crippen LogP contribution in [0.1, 0.15) is 34.2 Å². The van der Waals surface area contributed by atoms with Gasteiger partial charge in [0.2, 0.25) is 0 Å². The fourth-order valence-electron chi connectivity index (χ4n) is 1.96. The van der Waals surface area contributed by atoms with Gasteiger partial charge in [-0.05, 0) is 31.0 Å². The summed E-state index contributed by atoms with van der Waals surface area (Å²) in [6, 6.07) is 9.05. The molecule has 1 atom stereocenters. The first-order valence-electron chi connectivity index (χ1n) is 6.30. The van der Waals surface area contributed by atoms with Crippen LogP contribution < -0.4 is 5.32 Å². The van der Waals surface area contributed by atoms with Crippen LogP contribution in [0.2, 0.25) is 0 Å². The normalized spacial score (nSPS) is 12.2. The van der Waals surface area contributed by atoms with Gasteiger partial charge >= 0.3 is 0 Å². The monoisotopic (exact) mass is 337 g/mol. The highest BCUT2D eigenvalue weighted by Crippen LogP contribution is 2.25. The summed E-state index contributed by atoms with van der Waals surface area (Å²) in [7, 11) is 0. The Labute approximate surface area is 125 Å². The maximum atomic E-state index is 12.1. The lowest BCUT2D eigenvalue weighted by Crippen LogP contribution is -2.29. The Bertz CT molecular complexity index is 598. The number of amides is 1. The Hall–Kier alpha value is -1.66. The van der Waals surface area contributed by atoms with E-state index in [0.29, 0.717) is 12.1 Å². The molecule has 0 fully saturated rings. The Kier molecular flexibility index (Phi) is 4.92. The van der Waals surface area contributed by atoms with Crippen LogP contribution in [0.4, 0.5) is 0 Å². The molecule has 2 rings (SSSR count). The molecule has 3 N–H and O–H groups in total. The van der Waals surface area contributed by atoms with E-state index in [1.807, 2.05) is 31.2 Å². The Morgan fingerprint density at radius 2 is 2.25 bits per heavy atom. The number of nitrogens with zero attached hydrogens (tertiary/aromatic N) is 1. The second-order valence-electron chi connectivity index (χ2n) is 4.50. The van der Waals surface area contributed by atoms with E-state index >= 15 is 0 Å². The molecule has 1 aromatic heterocycles. The number of carbonyl (C=O) groups is 1. The third kappa shape index (κ3) is 3.46. The number of aryl methyl sites for hydroxylation is 1. The number of carbonyl (C=O) groups excluding carboxylic acids is 1. The van der Waals surface area contributed by atoms with E-state index in [1.54, 1.807) is 6.07 Å². The fraction of sp³-hybridized carbons (Fsp3) is 0.286. The second-order valence-corrected chi connectivity index (χ2v) is 5.35. The van der Waals surface area contributed by atoms with Crippen LogP contribution in [0.25, 0.3) is 0 Å². The van der Waals surface area contributed by atoms with Gasteiger partial charge in [-0.25, -0.2) is 0 Å². The SMILES string of the molecule is Cc1cc(C(=O)N[C@H](CCO)c2ccccc2Br)n[nH]1. The largest absolute Gasteiger partial charge is 0.396 e. The molecule has 0 bridgehead atoms. The number of nitrogens with one attached hydrogen (secondary N) is 2. The minimum Gasteiger partial charge on any atom is -0.396 e. The van der Waals surface area contributed by atoms with Gasteiger partial charge in [-0.2, -0.15) is 5.10 Å². The molecular formula is C14H16BrN3O2. The number of aromatic nitrogens is 2. The van der Waals surface area contributed by atoms with Gasteiger partial charge in [0.15, 0.2) is 0 Å². The van der Waals surface area contributed by atoms with E-state index in [9.17, 15) is 9.90 Å². The van der Waals surface area contributed by atoms with Gasteiger partial charge in [-0.1, -0.05) is 34.1 Å². The molecule has 2 aromatic rings. The number of aliphatic hydroxyl groups is 1. The smallest absolute Gasteiger partial charge is 0.272 e. The van der Waals surface area contributed by atoms with Crippen molar-refractivity contribution in [2.75, 3.05) is 6.61 Å². The van der Waals surface area contributed by atoms with Gasteiger partial charge in [0.25, 0.3) is 5.91 Å². The second kappa shape index (κ2) is 6.67. The van der Waals surface area contributed by atoms with Crippen molar-refractivity contribution in [2.24, 2.45) is 0 Å². The van der Waals surface area contributed by atoms with Crippen LogP contribution >= 0.6 is 15.9 Å². The van der Waals surface area contributed by atoms with Gasteiger partial charge in [0.05, 0.1) is 6.04 Å². The predicted octanol–water partition coefficient (Wildman–Crippen LogP) is 2.33. The Morgan fingerprint density at radius 3 is 2.85 bits per heavy atom. The van der Waals surface area contributed by atoms with E-state index in [1.165, 1.54) is 0 Å². The molecular weight excluding hydrogens is 322 g/mol. The highest BCUT2D eigenvalue weighted by atomic mass is 79.9. The Morgan fingerprint density at radius 1 is 1.50 bits per heavy atom. The summed E-state index contributed by atoms with van der Waals surface area (Å²) in [4.78, 5) is 12.1. The molecule has 0 unspecified atom stereocenters. The molecule has 1 heterocycles. The van der Waals surface area contributed by atoms with Gasteiger partial charge in [0.1, 0.15) is 5.69 Å². The average Bonchev–Trinajstić information content (AvgIpc) is 2.86. The van der Waals surface area contributed by atoms with E-state index in [0.717, 1.165) is 15.7 Å². The third-order valence-corrected chi connectivity index (χ3v) is 3.66. The first kappa shape index (κ1) is 14.7. The highest BCUT2D eigenvalue weighted by Gasteiger charge is 2.18. The summed E-state index contributed by atoms with van der Waals surface area (Å²) in [5.74, 6) is -0.261. The molecule has 0 saturated carbocycles. The molecule has 0 saturated heterocycles. The fourth-order valence-corrected chi connectivity index (χ4v) is 2.52. The quantitative estimate of drug-likeness (QED) is 0.783. The van der Waals surface area contributed by atoms with E-state index in [4.69, 9.17) is 0 Å². The zero-order valence-corrected chi connectivity index (χ0v) is 12.6. The average molecular weight is 338 g/mol. The molecule has 0 radical (unpaired) electrons. The first-order valence-corrected chi connectivity index (χ1v) is 7.09. The van der Waals surface area contributed by atoms with Gasteiger partial charge in [0, 0.05) is 16.8 Å². The minimum absolute atomic E-state index is 0.00806. The van der Waals surface area contributed by atoms with Crippen molar-refractivity contribution in [3.8, 4) is 0 Å². The van der Waals surface area contributed by atoms with Crippen LogP contribution in [0.15, 0.2) is 34.8 Å². The summed E-state index contributed by atoms with van der Waals surface area (Å²) >= 11 is 3.46. The Balaban J connectivity index is 2.18. The van der Waals surface area contributed by atoms with Gasteiger partial charge < -0.3 is 10.4 Å². The van der Waals surface area contributed by atoms with Crippen LogP contribution in [0, 0.1) is 6.92 Å². The lowest BCUT2D eigenvalue weighted by Gasteiger charge is -2.19. The summed E-state index contributed by atoms with van der Waals surface area (Å²) in [6.45, 7) is 1.83. The number of benzene rings is 1. The topological polar surface area (TPSA) is 78.0 Å². The van der Waals surface area contributed by atoms with Crippen LogP contribution in [-0.2, 0) is 0 Å². The molecule has 1 aromatic carbocycles. The number of halogens is 1. The van der Waals surface area contributed by atoms with Crippen molar-refractivity contribution in [3.63, 3.8) is 0 Å². The summed E-state index contributed by atoms with van der Waals surface area (Å²) in [5, 5.41) is 18.8. The first-order chi connectivity index (χ1) is 9.61. The van der Waals surface area contributed by atoms with Crippen molar-refractivity contribution in [3.05, 3.63) is 51.8 Å². The summed E-state index contributed by atoms with van der Waals surface area (Å²) in [5.41, 5.74) is 2.11. The summed E-state index contributed by atoms with van der Waals surface area (Å²) < 4.78 is 0.900. The molecule has 1 amide bonds. The van der Waals surface area contributed by atoms with Crippen LogP contribution in [0.5, 0.6) is 0 Å². The highest BCUT2D eigenvalue weighted by molar-refractivity contribution is 9.10. The molecule has 6 heteroatoms. The molecule has 106 valence electrons. The zero-order valence-electron chi connectivity index (χ0n) is 11.1. The number of H-pyrrole nitrogens is 1. The lowest BCUT2D eigenvalue weighted by molar-refractivity contribution is 0.0924. The number of rotatable bonds is 5. The van der Waals surface area contributed by atoms with Crippen LogP contribution in [-0.4, -0.2) is 27.8 Å².